The highest BCUT2D eigenvalue weighted by atomic mass is 16.2. The van der Waals surface area contributed by atoms with E-state index in [0.717, 1.165) is 50.8 Å². The summed E-state index contributed by atoms with van der Waals surface area (Å²) in [5, 5.41) is 3.07. The van der Waals surface area contributed by atoms with Crippen molar-refractivity contribution in [2.24, 2.45) is 16.7 Å². The molecule has 3 fully saturated rings. The monoisotopic (exact) mass is 369 g/mol. The van der Waals surface area contributed by atoms with E-state index in [1.54, 1.807) is 6.20 Å². The second-order valence-electron chi connectivity index (χ2n) is 9.11. The van der Waals surface area contributed by atoms with Crippen LogP contribution in [-0.2, 0) is 16.1 Å². The summed E-state index contributed by atoms with van der Waals surface area (Å²) >= 11 is 0. The van der Waals surface area contributed by atoms with Crippen molar-refractivity contribution in [2.45, 2.75) is 64.8 Å². The zero-order chi connectivity index (χ0) is 18.9. The van der Waals surface area contributed by atoms with Crippen molar-refractivity contribution >= 4 is 11.8 Å². The molecule has 1 atom stereocenters. The van der Waals surface area contributed by atoms with E-state index in [1.165, 1.54) is 12.8 Å². The van der Waals surface area contributed by atoms with Gasteiger partial charge in [-0.2, -0.15) is 0 Å². The van der Waals surface area contributed by atoms with E-state index in [9.17, 15) is 9.59 Å². The third-order valence-electron chi connectivity index (χ3n) is 7.24. The number of carbonyl (C=O) groups excluding carboxylic acids is 2. The van der Waals surface area contributed by atoms with Crippen LogP contribution in [0.3, 0.4) is 0 Å². The third kappa shape index (κ3) is 3.48. The lowest BCUT2D eigenvalue weighted by Gasteiger charge is -2.42. The van der Waals surface area contributed by atoms with Gasteiger partial charge in [0.25, 0.3) is 0 Å². The Morgan fingerprint density at radius 3 is 2.56 bits per heavy atom. The summed E-state index contributed by atoms with van der Waals surface area (Å²) in [6.45, 7) is 3.94. The lowest BCUT2D eigenvalue weighted by atomic mass is 9.62. The maximum atomic E-state index is 13.3. The van der Waals surface area contributed by atoms with Crippen LogP contribution in [0, 0.1) is 16.7 Å². The number of amides is 2. The highest BCUT2D eigenvalue weighted by molar-refractivity contribution is 5.86. The van der Waals surface area contributed by atoms with E-state index < -0.39 is 0 Å². The number of rotatable bonds is 4. The maximum absolute atomic E-state index is 13.3. The van der Waals surface area contributed by atoms with Crippen molar-refractivity contribution in [3.8, 4) is 0 Å². The Balaban J connectivity index is 1.43. The molecule has 2 heterocycles. The van der Waals surface area contributed by atoms with Crippen LogP contribution >= 0.6 is 0 Å². The van der Waals surface area contributed by atoms with Crippen molar-refractivity contribution in [1.29, 1.82) is 0 Å². The van der Waals surface area contributed by atoms with E-state index in [2.05, 4.69) is 17.2 Å². The van der Waals surface area contributed by atoms with Crippen molar-refractivity contribution < 1.29 is 9.59 Å². The summed E-state index contributed by atoms with van der Waals surface area (Å²) in [6, 6.07) is 5.73. The molecule has 1 aromatic rings. The first-order valence-electron chi connectivity index (χ1n) is 10.5. The van der Waals surface area contributed by atoms with E-state index in [0.29, 0.717) is 13.1 Å². The van der Waals surface area contributed by atoms with Gasteiger partial charge in [0.1, 0.15) is 0 Å². The first-order valence-corrected chi connectivity index (χ1v) is 10.5. The molecule has 1 aliphatic heterocycles. The van der Waals surface area contributed by atoms with Gasteiger partial charge in [-0.3, -0.25) is 14.6 Å². The third-order valence-corrected chi connectivity index (χ3v) is 7.24. The summed E-state index contributed by atoms with van der Waals surface area (Å²) < 4.78 is 0. The smallest absolute Gasteiger partial charge is 0.228 e. The summed E-state index contributed by atoms with van der Waals surface area (Å²) in [6.07, 6.45) is 10.6. The van der Waals surface area contributed by atoms with Crippen LogP contribution in [-0.4, -0.2) is 34.8 Å². The number of aromatic nitrogens is 1. The SMILES string of the molecule is CC1(C(=O)N2CC(C(=O)NCc3ccccn3)C3(CCC3)C2)CCCCC1. The fraction of sp³-hybridized carbons (Fsp3) is 0.682. The second kappa shape index (κ2) is 7.25. The molecule has 1 N–H and O–H groups in total. The molecule has 3 aliphatic rings. The van der Waals surface area contributed by atoms with Crippen LogP contribution in [0.5, 0.6) is 0 Å². The summed E-state index contributed by atoms with van der Waals surface area (Å²) in [5.41, 5.74) is 0.659. The van der Waals surface area contributed by atoms with Crippen LogP contribution < -0.4 is 5.32 Å². The highest BCUT2D eigenvalue weighted by Gasteiger charge is 2.55. The normalized spacial score (nSPS) is 25.8. The zero-order valence-electron chi connectivity index (χ0n) is 16.4. The molecule has 27 heavy (non-hydrogen) atoms. The number of carbonyl (C=O) groups is 2. The van der Waals surface area contributed by atoms with Gasteiger partial charge >= 0.3 is 0 Å². The second-order valence-corrected chi connectivity index (χ2v) is 9.11. The number of pyridine rings is 1. The average Bonchev–Trinajstić information content (AvgIpc) is 3.08. The Morgan fingerprint density at radius 1 is 1.15 bits per heavy atom. The number of nitrogens with one attached hydrogen (secondary N) is 1. The summed E-state index contributed by atoms with van der Waals surface area (Å²) in [4.78, 5) is 32.6. The lowest BCUT2D eigenvalue weighted by molar-refractivity contribution is -0.142. The topological polar surface area (TPSA) is 62.3 Å². The largest absolute Gasteiger partial charge is 0.350 e. The van der Waals surface area contributed by atoms with Crippen LogP contribution in [0.1, 0.15) is 64.0 Å². The molecule has 1 aromatic heterocycles. The quantitative estimate of drug-likeness (QED) is 0.886. The Hall–Kier alpha value is -1.91. The maximum Gasteiger partial charge on any atom is 0.228 e. The van der Waals surface area contributed by atoms with E-state index in [1.807, 2.05) is 23.1 Å². The fourth-order valence-electron chi connectivity index (χ4n) is 5.35. The summed E-state index contributed by atoms with van der Waals surface area (Å²) in [5.74, 6) is 0.295. The Morgan fingerprint density at radius 2 is 1.93 bits per heavy atom. The van der Waals surface area contributed by atoms with Gasteiger partial charge < -0.3 is 10.2 Å². The molecule has 5 nitrogen and oxygen atoms in total. The zero-order valence-corrected chi connectivity index (χ0v) is 16.4. The van der Waals surface area contributed by atoms with Crippen molar-refractivity contribution in [3.63, 3.8) is 0 Å². The Labute approximate surface area is 161 Å². The number of hydrogen-bond donors (Lipinski definition) is 1. The minimum absolute atomic E-state index is 0.00882. The van der Waals surface area contributed by atoms with Crippen molar-refractivity contribution in [2.75, 3.05) is 13.1 Å². The van der Waals surface area contributed by atoms with Gasteiger partial charge in [-0.05, 0) is 37.8 Å². The first kappa shape index (κ1) is 18.5. The van der Waals surface area contributed by atoms with Gasteiger partial charge in [0.2, 0.25) is 11.8 Å². The molecule has 0 bridgehead atoms. The molecule has 2 aliphatic carbocycles. The lowest BCUT2D eigenvalue weighted by Crippen LogP contribution is -2.45. The van der Waals surface area contributed by atoms with Crippen LogP contribution in [0.15, 0.2) is 24.4 Å². The van der Waals surface area contributed by atoms with Crippen LogP contribution in [0.25, 0.3) is 0 Å². The number of nitrogens with zero attached hydrogens (tertiary/aromatic N) is 2. The molecule has 5 heteroatoms. The molecule has 0 radical (unpaired) electrons. The molecular formula is C22H31N3O2. The molecule has 1 unspecified atom stereocenters. The van der Waals surface area contributed by atoms with Gasteiger partial charge in [0.15, 0.2) is 0 Å². The molecule has 4 rings (SSSR count). The van der Waals surface area contributed by atoms with Crippen molar-refractivity contribution in [1.82, 2.24) is 15.2 Å². The first-order chi connectivity index (χ1) is 13.0. The standard InChI is InChI=1S/C22H31N3O2/c1-21(9-4-2-5-10-21)20(27)25-15-18(22(16-25)11-7-12-22)19(26)24-14-17-8-3-6-13-23-17/h3,6,8,13,18H,2,4-5,7,9-12,14-16H2,1H3,(H,24,26). The van der Waals surface area contributed by atoms with Gasteiger partial charge in [-0.1, -0.05) is 38.7 Å². The molecule has 0 aromatic carbocycles. The van der Waals surface area contributed by atoms with E-state index >= 15 is 0 Å². The van der Waals surface area contributed by atoms with Crippen LogP contribution in [0.2, 0.25) is 0 Å². The minimum atomic E-state index is -0.220. The van der Waals surface area contributed by atoms with Gasteiger partial charge in [0, 0.05) is 30.1 Å². The average molecular weight is 370 g/mol. The highest BCUT2D eigenvalue weighted by Crippen LogP contribution is 2.53. The Kier molecular flexibility index (Phi) is 4.95. The number of likely N-dealkylation sites (tertiary alicyclic amines) is 1. The predicted octanol–water partition coefficient (Wildman–Crippen LogP) is 3.30. The van der Waals surface area contributed by atoms with Crippen molar-refractivity contribution in [3.05, 3.63) is 30.1 Å². The molecule has 1 saturated heterocycles. The summed E-state index contributed by atoms with van der Waals surface area (Å²) in [7, 11) is 0. The van der Waals surface area contributed by atoms with E-state index in [-0.39, 0.29) is 28.6 Å². The molecule has 2 amide bonds. The molecule has 2 saturated carbocycles. The molecular weight excluding hydrogens is 338 g/mol. The number of hydrogen-bond acceptors (Lipinski definition) is 3. The van der Waals surface area contributed by atoms with Gasteiger partial charge in [-0.25, -0.2) is 0 Å². The fourth-order valence-corrected chi connectivity index (χ4v) is 5.35. The molecule has 146 valence electrons. The minimum Gasteiger partial charge on any atom is -0.350 e. The Bertz CT molecular complexity index is 693. The molecule has 1 spiro atoms. The van der Waals surface area contributed by atoms with E-state index in [4.69, 9.17) is 0 Å². The van der Waals surface area contributed by atoms with Gasteiger partial charge in [0.05, 0.1) is 18.2 Å². The predicted molar refractivity (Wildman–Crippen MR) is 104 cm³/mol. The van der Waals surface area contributed by atoms with Crippen LogP contribution in [0.4, 0.5) is 0 Å². The van der Waals surface area contributed by atoms with Gasteiger partial charge in [-0.15, -0.1) is 0 Å².